The van der Waals surface area contributed by atoms with E-state index >= 15 is 0 Å². The summed E-state index contributed by atoms with van der Waals surface area (Å²) in [5, 5.41) is 5.21. The third-order valence-electron chi connectivity index (χ3n) is 3.88. The zero-order valence-electron chi connectivity index (χ0n) is 15.7. The van der Waals surface area contributed by atoms with Crippen LogP contribution in [0.1, 0.15) is 38.7 Å². The van der Waals surface area contributed by atoms with E-state index in [-0.39, 0.29) is 24.4 Å². The molecule has 4 nitrogen and oxygen atoms in total. The number of benzene rings is 1. The van der Waals surface area contributed by atoms with Crippen molar-refractivity contribution in [1.29, 1.82) is 0 Å². The largest absolute Gasteiger partial charge is 0.353 e. The van der Waals surface area contributed by atoms with Crippen molar-refractivity contribution in [3.63, 3.8) is 0 Å². The summed E-state index contributed by atoms with van der Waals surface area (Å²) in [6, 6.07) is 2.05. The molecular formula is C21H26F2N2O2. The summed E-state index contributed by atoms with van der Waals surface area (Å²) in [7, 11) is 0. The predicted octanol–water partition coefficient (Wildman–Crippen LogP) is 3.12. The Labute approximate surface area is 159 Å². The Bertz CT molecular complexity index is 690. The third kappa shape index (κ3) is 9.00. The standard InChI is InChI=1S/C21H26F2N2O2/c1-4-6-10-24-21(27)19(13-16-11-17(22)14-18(23)12-16)25-20(26)9-8-15(3)7-5-2/h1,8-9,11-12,14-15,19H,5-7,10,13H2,2-3H3,(H,24,27)(H,25,26)/b9-8+/t15?,19-/m0/s1. The van der Waals surface area contributed by atoms with Gasteiger partial charge in [0.25, 0.3) is 0 Å². The lowest BCUT2D eigenvalue weighted by atomic mass is 10.0. The number of hydrogen-bond acceptors (Lipinski definition) is 2. The summed E-state index contributed by atoms with van der Waals surface area (Å²) in [6.45, 7) is 4.30. The number of nitrogens with one attached hydrogen (secondary N) is 2. The Hall–Kier alpha value is -2.68. The summed E-state index contributed by atoms with van der Waals surface area (Å²) in [4.78, 5) is 24.5. The molecule has 1 unspecified atom stereocenters. The average Bonchev–Trinajstić information content (AvgIpc) is 2.59. The first kappa shape index (κ1) is 22.4. The van der Waals surface area contributed by atoms with Gasteiger partial charge in [-0.3, -0.25) is 9.59 Å². The highest BCUT2D eigenvalue weighted by molar-refractivity contribution is 5.93. The molecule has 1 aromatic carbocycles. The molecule has 0 aliphatic heterocycles. The monoisotopic (exact) mass is 376 g/mol. The Kier molecular flexibility index (Phi) is 9.81. The van der Waals surface area contributed by atoms with Crippen molar-refractivity contribution < 1.29 is 18.4 Å². The van der Waals surface area contributed by atoms with Crippen LogP contribution in [0.15, 0.2) is 30.4 Å². The molecule has 0 aliphatic carbocycles. The second kappa shape index (κ2) is 11.8. The van der Waals surface area contributed by atoms with Crippen LogP contribution in [-0.4, -0.2) is 24.4 Å². The maximum atomic E-state index is 13.4. The fraction of sp³-hybridized carbons (Fsp3) is 0.429. The van der Waals surface area contributed by atoms with Crippen LogP contribution in [0.2, 0.25) is 0 Å². The number of carbonyl (C=O) groups excluding carboxylic acids is 2. The lowest BCUT2D eigenvalue weighted by molar-refractivity contribution is -0.127. The third-order valence-corrected chi connectivity index (χ3v) is 3.88. The van der Waals surface area contributed by atoms with Crippen molar-refractivity contribution in [3.05, 3.63) is 47.5 Å². The zero-order chi connectivity index (χ0) is 20.2. The highest BCUT2D eigenvalue weighted by atomic mass is 19.1. The molecule has 0 aromatic heterocycles. The Morgan fingerprint density at radius 3 is 2.52 bits per heavy atom. The van der Waals surface area contributed by atoms with Gasteiger partial charge in [0.05, 0.1) is 0 Å². The second-order valence-electron chi connectivity index (χ2n) is 6.41. The van der Waals surface area contributed by atoms with Gasteiger partial charge in [0.1, 0.15) is 17.7 Å². The Balaban J connectivity index is 2.85. The summed E-state index contributed by atoms with van der Waals surface area (Å²) in [6.07, 6.45) is 10.6. The summed E-state index contributed by atoms with van der Waals surface area (Å²) >= 11 is 0. The minimum absolute atomic E-state index is 0.0410. The topological polar surface area (TPSA) is 58.2 Å². The van der Waals surface area contributed by atoms with E-state index in [0.29, 0.717) is 6.42 Å². The maximum Gasteiger partial charge on any atom is 0.244 e. The van der Waals surface area contributed by atoms with Crippen LogP contribution in [0, 0.1) is 29.9 Å². The molecule has 0 radical (unpaired) electrons. The summed E-state index contributed by atoms with van der Waals surface area (Å²) in [5.41, 5.74) is 0.272. The number of amides is 2. The molecule has 0 saturated heterocycles. The van der Waals surface area contributed by atoms with Gasteiger partial charge in [-0.25, -0.2) is 8.78 Å². The number of terminal acetylenes is 1. The fourth-order valence-electron chi connectivity index (χ4n) is 2.58. The molecular weight excluding hydrogens is 350 g/mol. The van der Waals surface area contributed by atoms with Gasteiger partial charge >= 0.3 is 0 Å². The molecule has 1 aromatic rings. The minimum Gasteiger partial charge on any atom is -0.353 e. The molecule has 0 fully saturated rings. The van der Waals surface area contributed by atoms with Gasteiger partial charge < -0.3 is 10.6 Å². The van der Waals surface area contributed by atoms with Gasteiger partial charge in [0, 0.05) is 25.5 Å². The van der Waals surface area contributed by atoms with Crippen LogP contribution >= 0.6 is 0 Å². The SMILES string of the molecule is C#CCCNC(=O)[C@H](Cc1cc(F)cc(F)c1)NC(=O)/C=C/C(C)CCC. The fourth-order valence-corrected chi connectivity index (χ4v) is 2.58. The summed E-state index contributed by atoms with van der Waals surface area (Å²) in [5.74, 6) is 0.259. The van der Waals surface area contributed by atoms with Gasteiger partial charge in [-0.1, -0.05) is 26.3 Å². The van der Waals surface area contributed by atoms with Crippen molar-refractivity contribution in [2.24, 2.45) is 5.92 Å². The molecule has 1 rings (SSSR count). The smallest absolute Gasteiger partial charge is 0.244 e. The molecule has 27 heavy (non-hydrogen) atoms. The molecule has 0 heterocycles. The van der Waals surface area contributed by atoms with E-state index in [1.807, 2.05) is 6.92 Å². The van der Waals surface area contributed by atoms with Crippen molar-refractivity contribution in [2.45, 2.75) is 45.6 Å². The number of halogens is 2. The number of hydrogen-bond donors (Lipinski definition) is 2. The van der Waals surface area contributed by atoms with Crippen LogP contribution in [0.25, 0.3) is 0 Å². The summed E-state index contributed by atoms with van der Waals surface area (Å²) < 4.78 is 26.8. The highest BCUT2D eigenvalue weighted by Gasteiger charge is 2.21. The normalized spacial score (nSPS) is 13.0. The van der Waals surface area contributed by atoms with Gasteiger partial charge in [-0.2, -0.15) is 0 Å². The lowest BCUT2D eigenvalue weighted by Crippen LogP contribution is -2.47. The average molecular weight is 376 g/mol. The highest BCUT2D eigenvalue weighted by Crippen LogP contribution is 2.11. The molecule has 0 aliphatic rings. The van der Waals surface area contributed by atoms with E-state index in [1.165, 1.54) is 6.08 Å². The van der Waals surface area contributed by atoms with E-state index < -0.39 is 29.5 Å². The van der Waals surface area contributed by atoms with E-state index in [1.54, 1.807) is 6.08 Å². The van der Waals surface area contributed by atoms with Gasteiger partial charge in [0.15, 0.2) is 0 Å². The molecule has 0 spiro atoms. The van der Waals surface area contributed by atoms with E-state index in [2.05, 4.69) is 23.5 Å². The quantitative estimate of drug-likeness (QED) is 0.374. The molecule has 2 amide bonds. The van der Waals surface area contributed by atoms with E-state index in [9.17, 15) is 18.4 Å². The van der Waals surface area contributed by atoms with Crippen LogP contribution < -0.4 is 10.6 Å². The lowest BCUT2D eigenvalue weighted by Gasteiger charge is -2.18. The van der Waals surface area contributed by atoms with Crippen LogP contribution in [-0.2, 0) is 16.0 Å². The predicted molar refractivity (Wildman–Crippen MR) is 102 cm³/mol. The second-order valence-corrected chi connectivity index (χ2v) is 6.41. The molecule has 6 heteroatoms. The first-order chi connectivity index (χ1) is 12.8. The molecule has 0 saturated carbocycles. The first-order valence-electron chi connectivity index (χ1n) is 9.00. The molecule has 2 atom stereocenters. The van der Waals surface area contributed by atoms with Crippen molar-refractivity contribution in [1.82, 2.24) is 10.6 Å². The molecule has 146 valence electrons. The Morgan fingerprint density at radius 2 is 1.93 bits per heavy atom. The zero-order valence-corrected chi connectivity index (χ0v) is 15.7. The van der Waals surface area contributed by atoms with E-state index in [0.717, 1.165) is 31.0 Å². The van der Waals surface area contributed by atoms with E-state index in [4.69, 9.17) is 6.42 Å². The number of rotatable bonds is 10. The molecule has 0 bridgehead atoms. The minimum atomic E-state index is -0.970. The Morgan fingerprint density at radius 1 is 1.26 bits per heavy atom. The van der Waals surface area contributed by atoms with Gasteiger partial charge in [-0.15, -0.1) is 12.3 Å². The van der Waals surface area contributed by atoms with Crippen molar-refractivity contribution in [3.8, 4) is 12.3 Å². The number of allylic oxidation sites excluding steroid dienone is 1. The molecule has 2 N–H and O–H groups in total. The van der Waals surface area contributed by atoms with Gasteiger partial charge in [-0.05, 0) is 36.1 Å². The van der Waals surface area contributed by atoms with Gasteiger partial charge in [0.2, 0.25) is 11.8 Å². The maximum absolute atomic E-state index is 13.4. The van der Waals surface area contributed by atoms with Crippen LogP contribution in [0.4, 0.5) is 8.78 Å². The van der Waals surface area contributed by atoms with Crippen LogP contribution in [0.5, 0.6) is 0 Å². The first-order valence-corrected chi connectivity index (χ1v) is 9.00. The van der Waals surface area contributed by atoms with Crippen molar-refractivity contribution in [2.75, 3.05) is 6.54 Å². The number of carbonyl (C=O) groups is 2. The van der Waals surface area contributed by atoms with Crippen molar-refractivity contribution >= 4 is 11.8 Å². The van der Waals surface area contributed by atoms with Crippen LogP contribution in [0.3, 0.4) is 0 Å².